The molecule has 1 aromatic carbocycles. The number of sulfonamides is 1. The third kappa shape index (κ3) is 3.97. The van der Waals surface area contributed by atoms with Crippen molar-refractivity contribution in [2.45, 2.75) is 25.0 Å². The zero-order valence-electron chi connectivity index (χ0n) is 14.6. The molecule has 1 aromatic rings. The second-order valence-corrected chi connectivity index (χ2v) is 9.10. The van der Waals surface area contributed by atoms with E-state index in [0.29, 0.717) is 56.9 Å². The summed E-state index contributed by atoms with van der Waals surface area (Å²) in [5.41, 5.74) is -0.252. The number of halogens is 1. The summed E-state index contributed by atoms with van der Waals surface area (Å²) in [6.45, 7) is 2.32. The predicted molar refractivity (Wildman–Crippen MR) is 92.3 cm³/mol. The lowest BCUT2D eigenvalue weighted by atomic mass is 9.76. The van der Waals surface area contributed by atoms with Crippen LogP contribution < -0.4 is 4.74 Å². The lowest BCUT2D eigenvalue weighted by molar-refractivity contribution is -0.103. The lowest BCUT2D eigenvalue weighted by Crippen LogP contribution is -2.60. The smallest absolute Gasteiger partial charge is 0.211 e. The van der Waals surface area contributed by atoms with E-state index in [1.807, 2.05) is 0 Å². The molecular weight excluding hydrogens is 347 g/mol. The van der Waals surface area contributed by atoms with Gasteiger partial charge >= 0.3 is 0 Å². The van der Waals surface area contributed by atoms with Crippen LogP contribution in [0.5, 0.6) is 5.75 Å². The van der Waals surface area contributed by atoms with Crippen LogP contribution in [-0.4, -0.2) is 67.9 Å². The van der Waals surface area contributed by atoms with Crippen LogP contribution in [0, 0.1) is 11.7 Å². The monoisotopic (exact) mass is 372 g/mol. The molecule has 8 heteroatoms. The van der Waals surface area contributed by atoms with Gasteiger partial charge in [0.15, 0.2) is 0 Å². The molecule has 0 saturated carbocycles. The Morgan fingerprint density at radius 3 is 2.68 bits per heavy atom. The number of likely N-dealkylation sites (tertiary alicyclic amines) is 1. The molecule has 3 rings (SSSR count). The zero-order chi connectivity index (χ0) is 18.2. The van der Waals surface area contributed by atoms with Crippen molar-refractivity contribution in [3.8, 4) is 5.75 Å². The van der Waals surface area contributed by atoms with Crippen molar-refractivity contribution < 1.29 is 22.7 Å². The average molecular weight is 372 g/mol. The van der Waals surface area contributed by atoms with Crippen molar-refractivity contribution in [3.05, 3.63) is 29.6 Å². The third-order valence-electron chi connectivity index (χ3n) is 5.44. The molecule has 2 atom stereocenters. The van der Waals surface area contributed by atoms with Gasteiger partial charge in [-0.2, -0.15) is 0 Å². The van der Waals surface area contributed by atoms with Crippen molar-refractivity contribution >= 4 is 10.0 Å². The minimum atomic E-state index is -3.26. The minimum Gasteiger partial charge on any atom is -0.497 e. The molecule has 2 aliphatic rings. The van der Waals surface area contributed by atoms with E-state index in [1.54, 1.807) is 12.1 Å². The Kier molecular flexibility index (Phi) is 5.07. The summed E-state index contributed by atoms with van der Waals surface area (Å²) in [6, 6.07) is 4.80. The third-order valence-corrected chi connectivity index (χ3v) is 6.71. The summed E-state index contributed by atoms with van der Waals surface area (Å²) in [6.07, 6.45) is 2.23. The fourth-order valence-corrected chi connectivity index (χ4v) is 4.68. The molecule has 2 saturated heterocycles. The summed E-state index contributed by atoms with van der Waals surface area (Å²) in [5.74, 6) is -0.00188. The number of hydrogen-bond acceptors (Lipinski definition) is 5. The van der Waals surface area contributed by atoms with E-state index >= 15 is 0 Å². The highest BCUT2D eigenvalue weighted by Crippen LogP contribution is 2.36. The van der Waals surface area contributed by atoms with Gasteiger partial charge in [0.05, 0.1) is 19.0 Å². The van der Waals surface area contributed by atoms with Gasteiger partial charge in [0, 0.05) is 50.3 Å². The van der Waals surface area contributed by atoms with Crippen LogP contribution in [0.2, 0.25) is 0 Å². The number of fused-ring (bicyclic) bond motifs is 1. The van der Waals surface area contributed by atoms with Gasteiger partial charge in [-0.15, -0.1) is 0 Å². The van der Waals surface area contributed by atoms with Crippen molar-refractivity contribution in [2.75, 3.05) is 39.5 Å². The maximum absolute atomic E-state index is 14.2. The molecule has 0 unspecified atom stereocenters. The molecule has 140 valence electrons. The second-order valence-electron chi connectivity index (χ2n) is 7.11. The average Bonchev–Trinajstić information content (AvgIpc) is 2.55. The van der Waals surface area contributed by atoms with Gasteiger partial charge in [-0.05, 0) is 18.9 Å². The Bertz CT molecular complexity index is 742. The Hall–Kier alpha value is -1.22. The van der Waals surface area contributed by atoms with Gasteiger partial charge in [-0.25, -0.2) is 17.1 Å². The van der Waals surface area contributed by atoms with Gasteiger partial charge < -0.3 is 9.84 Å². The zero-order valence-corrected chi connectivity index (χ0v) is 15.4. The molecule has 6 nitrogen and oxygen atoms in total. The van der Waals surface area contributed by atoms with E-state index in [0.717, 1.165) is 0 Å². The second kappa shape index (κ2) is 6.83. The first-order valence-electron chi connectivity index (χ1n) is 8.43. The Morgan fingerprint density at radius 2 is 2.04 bits per heavy atom. The first-order chi connectivity index (χ1) is 11.7. The maximum Gasteiger partial charge on any atom is 0.211 e. The molecule has 0 spiro atoms. The number of ether oxygens (including phenoxy) is 1. The number of benzene rings is 1. The maximum atomic E-state index is 14.2. The predicted octanol–water partition coefficient (Wildman–Crippen LogP) is 1.05. The summed E-state index contributed by atoms with van der Waals surface area (Å²) in [4.78, 5) is 2.08. The SMILES string of the molecule is COc1ccc(CN2CC[C@@]3(O)CCN(S(C)(=O)=O)C[C@H]3C2)c(F)c1. The largest absolute Gasteiger partial charge is 0.497 e. The van der Waals surface area contributed by atoms with Gasteiger partial charge in [0.25, 0.3) is 0 Å². The normalized spacial score (nSPS) is 28.6. The Labute approximate surface area is 148 Å². The van der Waals surface area contributed by atoms with Gasteiger partial charge in [-0.1, -0.05) is 6.07 Å². The van der Waals surface area contributed by atoms with E-state index in [4.69, 9.17) is 4.74 Å². The minimum absolute atomic E-state index is 0.161. The van der Waals surface area contributed by atoms with Crippen molar-refractivity contribution in [3.63, 3.8) is 0 Å². The molecule has 0 aromatic heterocycles. The number of hydrogen-bond donors (Lipinski definition) is 1. The van der Waals surface area contributed by atoms with Crippen LogP contribution in [0.3, 0.4) is 0 Å². The Balaban J connectivity index is 1.70. The standard InChI is InChI=1S/C17H25FN2O4S/c1-24-15-4-3-13(16(18)9-15)10-19-7-5-17(21)6-8-20(25(2,22)23)12-14(17)11-19/h3-4,9,14,21H,5-8,10-12H2,1-2H3/t14-,17-/m1/s1. The van der Waals surface area contributed by atoms with Crippen LogP contribution >= 0.6 is 0 Å². The van der Waals surface area contributed by atoms with Crippen LogP contribution in [0.1, 0.15) is 18.4 Å². The van der Waals surface area contributed by atoms with Gasteiger partial charge in [0.2, 0.25) is 10.0 Å². The topological polar surface area (TPSA) is 70.1 Å². The number of piperidine rings is 2. The number of nitrogens with zero attached hydrogens (tertiary/aromatic N) is 2. The summed E-state index contributed by atoms with van der Waals surface area (Å²) in [7, 11) is -1.77. The first kappa shape index (κ1) is 18.6. The van der Waals surface area contributed by atoms with E-state index in [9.17, 15) is 17.9 Å². The van der Waals surface area contributed by atoms with Crippen LogP contribution in [-0.2, 0) is 16.6 Å². The number of rotatable bonds is 4. The van der Waals surface area contributed by atoms with Crippen molar-refractivity contribution in [1.82, 2.24) is 9.21 Å². The number of methoxy groups -OCH3 is 1. The van der Waals surface area contributed by atoms with Gasteiger partial charge in [-0.3, -0.25) is 4.90 Å². The van der Waals surface area contributed by atoms with Crippen molar-refractivity contribution in [1.29, 1.82) is 0 Å². The molecule has 0 aliphatic carbocycles. The van der Waals surface area contributed by atoms with Crippen LogP contribution in [0.15, 0.2) is 18.2 Å². The van der Waals surface area contributed by atoms with Crippen molar-refractivity contribution in [2.24, 2.45) is 5.92 Å². The number of aliphatic hydroxyl groups is 1. The van der Waals surface area contributed by atoms with E-state index in [1.165, 1.54) is 23.7 Å². The van der Waals surface area contributed by atoms with E-state index in [-0.39, 0.29) is 11.7 Å². The highest BCUT2D eigenvalue weighted by Gasteiger charge is 2.46. The highest BCUT2D eigenvalue weighted by molar-refractivity contribution is 7.88. The molecule has 25 heavy (non-hydrogen) atoms. The van der Waals surface area contributed by atoms with Crippen LogP contribution in [0.4, 0.5) is 4.39 Å². The summed E-state index contributed by atoms with van der Waals surface area (Å²) >= 11 is 0. The Morgan fingerprint density at radius 1 is 1.32 bits per heavy atom. The molecule has 0 amide bonds. The van der Waals surface area contributed by atoms with Crippen LogP contribution in [0.25, 0.3) is 0 Å². The molecule has 0 radical (unpaired) electrons. The van der Waals surface area contributed by atoms with E-state index in [2.05, 4.69) is 4.90 Å². The summed E-state index contributed by atoms with van der Waals surface area (Å²) < 4.78 is 44.3. The molecule has 2 aliphatic heterocycles. The fraction of sp³-hybridized carbons (Fsp3) is 0.647. The first-order valence-corrected chi connectivity index (χ1v) is 10.3. The molecule has 1 N–H and O–H groups in total. The molecule has 2 heterocycles. The quantitative estimate of drug-likeness (QED) is 0.856. The lowest BCUT2D eigenvalue weighted by Gasteiger charge is -2.49. The summed E-state index contributed by atoms with van der Waals surface area (Å²) in [5, 5.41) is 10.8. The molecule has 0 bridgehead atoms. The highest BCUT2D eigenvalue weighted by atomic mass is 32.2. The van der Waals surface area contributed by atoms with Gasteiger partial charge in [0.1, 0.15) is 11.6 Å². The molecule has 2 fully saturated rings. The fourth-order valence-electron chi connectivity index (χ4n) is 3.81. The van der Waals surface area contributed by atoms with E-state index < -0.39 is 15.6 Å². The molecular formula is C17H25FN2O4S.